The van der Waals surface area contributed by atoms with Crippen molar-refractivity contribution in [3.05, 3.63) is 29.0 Å². The fourth-order valence-corrected chi connectivity index (χ4v) is 5.16. The van der Waals surface area contributed by atoms with Gasteiger partial charge < -0.3 is 5.73 Å². The summed E-state index contributed by atoms with van der Waals surface area (Å²) >= 11 is 5.65. The molecule has 0 spiro atoms. The molecule has 21 heavy (non-hydrogen) atoms. The third-order valence-corrected chi connectivity index (χ3v) is 6.24. The van der Waals surface area contributed by atoms with Crippen molar-refractivity contribution in [2.24, 2.45) is 16.6 Å². The molecule has 4 nitrogen and oxygen atoms in total. The normalized spacial score (nSPS) is 27.2. The van der Waals surface area contributed by atoms with Gasteiger partial charge in [-0.1, -0.05) is 39.3 Å². The van der Waals surface area contributed by atoms with Crippen molar-refractivity contribution in [3.8, 4) is 0 Å². The Balaban J connectivity index is 2.34. The highest BCUT2D eigenvalue weighted by Crippen LogP contribution is 2.53. The number of rotatable bonds is 3. The van der Waals surface area contributed by atoms with Gasteiger partial charge in [-0.15, -0.1) is 0 Å². The van der Waals surface area contributed by atoms with Crippen LogP contribution in [0.2, 0.25) is 5.02 Å². The highest BCUT2D eigenvalue weighted by Gasteiger charge is 2.61. The standard InChI is InChI=1S/C14H20ClFN2O2S/c1-13(2)11(17)14(3,4)12(13)18-21(19,20)10-6-5-8(15)7-9(10)16/h5-7,11-12,18H,17H2,1-4H3. The van der Waals surface area contributed by atoms with E-state index in [1.165, 1.54) is 12.1 Å². The molecule has 0 amide bonds. The quantitative estimate of drug-likeness (QED) is 0.892. The van der Waals surface area contributed by atoms with Gasteiger partial charge in [-0.25, -0.2) is 17.5 Å². The van der Waals surface area contributed by atoms with Crippen LogP contribution in [0.3, 0.4) is 0 Å². The Morgan fingerprint density at radius 1 is 1.24 bits per heavy atom. The summed E-state index contributed by atoms with van der Waals surface area (Å²) in [6.07, 6.45) is 0. The van der Waals surface area contributed by atoms with Gasteiger partial charge in [0.05, 0.1) is 0 Å². The maximum Gasteiger partial charge on any atom is 0.243 e. The summed E-state index contributed by atoms with van der Waals surface area (Å²) in [7, 11) is -3.97. The first kappa shape index (κ1) is 16.7. The molecule has 1 aliphatic carbocycles. The fourth-order valence-electron chi connectivity index (χ4n) is 3.40. The minimum Gasteiger partial charge on any atom is -0.327 e. The van der Waals surface area contributed by atoms with Gasteiger partial charge in [0.15, 0.2) is 0 Å². The van der Waals surface area contributed by atoms with E-state index in [-0.39, 0.29) is 17.1 Å². The van der Waals surface area contributed by atoms with E-state index in [0.717, 1.165) is 6.07 Å². The van der Waals surface area contributed by atoms with E-state index >= 15 is 0 Å². The van der Waals surface area contributed by atoms with Gasteiger partial charge in [-0.2, -0.15) is 0 Å². The minimum absolute atomic E-state index is 0.146. The Morgan fingerprint density at radius 3 is 2.24 bits per heavy atom. The zero-order chi connectivity index (χ0) is 16.2. The molecule has 0 radical (unpaired) electrons. The summed E-state index contributed by atoms with van der Waals surface area (Å²) in [5, 5.41) is 0.151. The average molecular weight is 335 g/mol. The number of hydrogen-bond acceptors (Lipinski definition) is 3. The number of nitrogens with two attached hydrogens (primary N) is 1. The molecular formula is C14H20ClFN2O2S. The molecule has 7 heteroatoms. The molecule has 118 valence electrons. The molecule has 0 saturated heterocycles. The van der Waals surface area contributed by atoms with E-state index < -0.39 is 31.6 Å². The maximum atomic E-state index is 13.9. The first-order valence-corrected chi connectivity index (χ1v) is 8.50. The van der Waals surface area contributed by atoms with E-state index in [1.54, 1.807) is 0 Å². The Labute approximate surface area is 129 Å². The van der Waals surface area contributed by atoms with Crippen molar-refractivity contribution in [1.82, 2.24) is 4.72 Å². The van der Waals surface area contributed by atoms with Gasteiger partial charge in [0.25, 0.3) is 0 Å². The number of halogens is 2. The SMILES string of the molecule is CC1(C)C(N)C(C)(C)C1NS(=O)(=O)c1ccc(Cl)cc1F. The van der Waals surface area contributed by atoms with Gasteiger partial charge in [0.1, 0.15) is 10.7 Å². The number of sulfonamides is 1. The van der Waals surface area contributed by atoms with E-state index in [2.05, 4.69) is 4.72 Å². The zero-order valence-corrected chi connectivity index (χ0v) is 14.0. The van der Waals surface area contributed by atoms with Gasteiger partial charge in [0.2, 0.25) is 10.0 Å². The number of nitrogens with one attached hydrogen (secondary N) is 1. The van der Waals surface area contributed by atoms with Crippen LogP contribution in [0.25, 0.3) is 0 Å². The molecule has 1 aromatic carbocycles. The summed E-state index contributed by atoms with van der Waals surface area (Å²) in [6, 6.07) is 2.98. The van der Waals surface area contributed by atoms with Gasteiger partial charge in [-0.3, -0.25) is 0 Å². The molecular weight excluding hydrogens is 315 g/mol. The summed E-state index contributed by atoms with van der Waals surface area (Å²) in [6.45, 7) is 7.59. The lowest BCUT2D eigenvalue weighted by atomic mass is 9.49. The lowest BCUT2D eigenvalue weighted by Gasteiger charge is -2.62. The molecule has 1 aromatic rings. The molecule has 3 N–H and O–H groups in total. The van der Waals surface area contributed by atoms with Gasteiger partial charge >= 0.3 is 0 Å². The highest BCUT2D eigenvalue weighted by molar-refractivity contribution is 7.89. The molecule has 0 aromatic heterocycles. The van der Waals surface area contributed by atoms with Crippen LogP contribution in [0.5, 0.6) is 0 Å². The average Bonchev–Trinajstić information content (AvgIpc) is 2.34. The predicted octanol–water partition coefficient (Wildman–Crippen LogP) is 2.52. The van der Waals surface area contributed by atoms with Crippen LogP contribution in [0.4, 0.5) is 4.39 Å². The van der Waals surface area contributed by atoms with Crippen molar-refractivity contribution in [1.29, 1.82) is 0 Å². The first-order chi connectivity index (χ1) is 9.40. The summed E-state index contributed by atoms with van der Waals surface area (Å²) in [5.74, 6) is -0.866. The molecule has 0 atom stereocenters. The molecule has 2 rings (SSSR count). The van der Waals surface area contributed by atoms with Crippen LogP contribution < -0.4 is 10.5 Å². The smallest absolute Gasteiger partial charge is 0.243 e. The van der Waals surface area contributed by atoms with E-state index in [0.29, 0.717) is 0 Å². The Bertz CT molecular complexity index is 658. The van der Waals surface area contributed by atoms with Crippen molar-refractivity contribution < 1.29 is 12.8 Å². The molecule has 0 heterocycles. The molecule has 0 bridgehead atoms. The minimum atomic E-state index is -3.97. The summed E-state index contributed by atoms with van der Waals surface area (Å²) in [4.78, 5) is -0.404. The molecule has 0 aliphatic heterocycles. The Morgan fingerprint density at radius 2 is 1.76 bits per heavy atom. The fraction of sp³-hybridized carbons (Fsp3) is 0.571. The first-order valence-electron chi connectivity index (χ1n) is 6.63. The lowest BCUT2D eigenvalue weighted by Crippen LogP contribution is -2.75. The number of benzene rings is 1. The molecule has 1 aliphatic rings. The molecule has 1 fully saturated rings. The maximum absolute atomic E-state index is 13.9. The topological polar surface area (TPSA) is 72.2 Å². The summed E-state index contributed by atoms with van der Waals surface area (Å²) in [5.41, 5.74) is 5.30. The Kier molecular flexibility index (Phi) is 3.90. The monoisotopic (exact) mass is 334 g/mol. The lowest BCUT2D eigenvalue weighted by molar-refractivity contribution is -0.0593. The van der Waals surface area contributed by atoms with Crippen molar-refractivity contribution >= 4 is 21.6 Å². The second kappa shape index (κ2) is 4.91. The molecule has 1 saturated carbocycles. The molecule has 0 unspecified atom stereocenters. The van der Waals surface area contributed by atoms with Crippen LogP contribution in [0, 0.1) is 16.6 Å². The Hall–Kier alpha value is -0.690. The van der Waals surface area contributed by atoms with Crippen LogP contribution in [0.15, 0.2) is 23.1 Å². The van der Waals surface area contributed by atoms with Crippen LogP contribution in [-0.4, -0.2) is 20.5 Å². The van der Waals surface area contributed by atoms with Crippen molar-refractivity contribution in [2.75, 3.05) is 0 Å². The predicted molar refractivity (Wildman–Crippen MR) is 81.1 cm³/mol. The van der Waals surface area contributed by atoms with Gasteiger partial charge in [0, 0.05) is 17.1 Å². The second-order valence-corrected chi connectivity index (χ2v) is 8.87. The number of hydrogen-bond donors (Lipinski definition) is 2. The third kappa shape index (κ3) is 2.59. The van der Waals surface area contributed by atoms with Gasteiger partial charge in [-0.05, 0) is 29.0 Å². The van der Waals surface area contributed by atoms with E-state index in [1.807, 2.05) is 27.7 Å². The second-order valence-electron chi connectivity index (χ2n) is 6.75. The third-order valence-electron chi connectivity index (χ3n) is 4.55. The van der Waals surface area contributed by atoms with Crippen LogP contribution in [-0.2, 0) is 10.0 Å². The van der Waals surface area contributed by atoms with Crippen molar-refractivity contribution in [2.45, 2.75) is 44.7 Å². The highest BCUT2D eigenvalue weighted by atomic mass is 35.5. The largest absolute Gasteiger partial charge is 0.327 e. The zero-order valence-electron chi connectivity index (χ0n) is 12.4. The van der Waals surface area contributed by atoms with Crippen LogP contribution in [0.1, 0.15) is 27.7 Å². The van der Waals surface area contributed by atoms with E-state index in [9.17, 15) is 12.8 Å². The van der Waals surface area contributed by atoms with E-state index in [4.69, 9.17) is 17.3 Å². The van der Waals surface area contributed by atoms with Crippen molar-refractivity contribution in [3.63, 3.8) is 0 Å². The summed E-state index contributed by atoms with van der Waals surface area (Å²) < 4.78 is 41.3. The van der Waals surface area contributed by atoms with Crippen LogP contribution >= 0.6 is 11.6 Å².